The molecule has 2 aromatic rings. The summed E-state index contributed by atoms with van der Waals surface area (Å²) >= 11 is 7.88. The Bertz CT molecular complexity index is 784. The Morgan fingerprint density at radius 1 is 1.36 bits per heavy atom. The van der Waals surface area contributed by atoms with E-state index in [9.17, 15) is 4.57 Å². The highest BCUT2D eigenvalue weighted by Crippen LogP contribution is 2.42. The van der Waals surface area contributed by atoms with Gasteiger partial charge in [0.25, 0.3) is 0 Å². The van der Waals surface area contributed by atoms with E-state index in [0.717, 1.165) is 56.4 Å². The minimum absolute atomic E-state index is 0. The lowest BCUT2D eigenvalue weighted by atomic mass is 10.0. The molecule has 2 N–H and O–H groups in total. The van der Waals surface area contributed by atoms with Crippen molar-refractivity contribution in [2.75, 3.05) is 13.6 Å². The average molecular weight is 380 g/mol. The lowest BCUT2D eigenvalue weighted by Crippen LogP contribution is -2.18. The van der Waals surface area contributed by atoms with Crippen LogP contribution in [0.1, 0.15) is 16.0 Å². The van der Waals surface area contributed by atoms with Gasteiger partial charge in [-0.1, -0.05) is 11.6 Å². The largest absolute Gasteiger partial charge is 0.349 e. The molecular weight excluding hydrogens is 364 g/mol. The van der Waals surface area contributed by atoms with Gasteiger partial charge in [-0.2, -0.15) is 0 Å². The van der Waals surface area contributed by atoms with Crippen LogP contribution in [0.25, 0.3) is 16.2 Å². The maximum atomic E-state index is 11.1. The molecule has 2 heterocycles. The molecule has 8 heteroatoms. The molecule has 0 saturated heterocycles. The number of thiophene rings is 1. The van der Waals surface area contributed by atoms with E-state index >= 15 is 0 Å². The van der Waals surface area contributed by atoms with E-state index in [-0.39, 0.29) is 12.4 Å². The summed E-state index contributed by atoms with van der Waals surface area (Å²) in [6, 6.07) is 3.89. The first-order valence-electron chi connectivity index (χ1n) is 6.51. The fourth-order valence-corrected chi connectivity index (χ4v) is 4.52. The molecule has 1 aromatic carbocycles. The van der Waals surface area contributed by atoms with Crippen LogP contribution >= 0.6 is 42.9 Å². The fraction of sp³-hybridized carbons (Fsp3) is 0.286. The van der Waals surface area contributed by atoms with Crippen molar-refractivity contribution >= 4 is 59.1 Å². The summed E-state index contributed by atoms with van der Waals surface area (Å²) < 4.78 is 12.2. The van der Waals surface area contributed by atoms with Gasteiger partial charge in [-0.05, 0) is 42.8 Å². The predicted octanol–water partition coefficient (Wildman–Crippen LogP) is 4.11. The van der Waals surface area contributed by atoms with E-state index in [1.807, 2.05) is 19.2 Å². The highest BCUT2D eigenvalue weighted by molar-refractivity contribution is 7.55. The molecule has 0 bridgehead atoms. The van der Waals surface area contributed by atoms with Gasteiger partial charge >= 0.3 is 7.60 Å². The quantitative estimate of drug-likeness (QED) is 0.770. The Balaban J connectivity index is 0.00000176. The normalized spacial score (nSPS) is 16.0. The van der Waals surface area contributed by atoms with Crippen LogP contribution in [-0.2, 0) is 17.5 Å². The number of halogens is 2. The Hall–Kier alpha value is -0.390. The lowest BCUT2D eigenvalue weighted by molar-refractivity contribution is 0.337. The summed E-state index contributed by atoms with van der Waals surface area (Å²) in [5.41, 5.74) is 2.25. The van der Waals surface area contributed by atoms with E-state index in [4.69, 9.17) is 21.4 Å². The smallest absolute Gasteiger partial charge is 0.321 e. The summed E-state index contributed by atoms with van der Waals surface area (Å²) in [4.78, 5) is 21.2. The molecule has 1 aliphatic rings. The van der Waals surface area contributed by atoms with Crippen LogP contribution in [0.5, 0.6) is 0 Å². The molecule has 22 heavy (non-hydrogen) atoms. The summed E-state index contributed by atoms with van der Waals surface area (Å²) in [6.07, 6.45) is 2.43. The first-order valence-corrected chi connectivity index (χ1v) is 9.38. The molecule has 0 radical (unpaired) electrons. The van der Waals surface area contributed by atoms with Gasteiger partial charge < -0.3 is 14.7 Å². The number of benzene rings is 1. The summed E-state index contributed by atoms with van der Waals surface area (Å²) in [6.45, 7) is 1.67. The molecule has 4 nitrogen and oxygen atoms in total. The van der Waals surface area contributed by atoms with Crippen molar-refractivity contribution in [1.82, 2.24) is 4.90 Å². The number of likely N-dealkylation sites (N-methyl/N-ethyl adjacent to an activating group) is 1. The molecule has 0 saturated carbocycles. The molecule has 120 valence electrons. The van der Waals surface area contributed by atoms with Gasteiger partial charge in [0.05, 0.1) is 0 Å². The zero-order chi connectivity index (χ0) is 15.2. The summed E-state index contributed by atoms with van der Waals surface area (Å²) in [7, 11) is -2.11. The van der Waals surface area contributed by atoms with Gasteiger partial charge in [0.15, 0.2) is 0 Å². The molecule has 0 aliphatic carbocycles. The van der Waals surface area contributed by atoms with E-state index in [1.54, 1.807) is 11.3 Å². The van der Waals surface area contributed by atoms with Crippen molar-refractivity contribution in [2.24, 2.45) is 0 Å². The third-order valence-electron chi connectivity index (χ3n) is 3.63. The van der Waals surface area contributed by atoms with Gasteiger partial charge in [0, 0.05) is 38.9 Å². The molecule has 0 spiro atoms. The fourth-order valence-electron chi connectivity index (χ4n) is 2.67. The third kappa shape index (κ3) is 3.57. The zero-order valence-electron chi connectivity index (χ0n) is 11.8. The van der Waals surface area contributed by atoms with Crippen LogP contribution in [-0.4, -0.2) is 28.3 Å². The molecule has 0 fully saturated rings. The second-order valence-electron chi connectivity index (χ2n) is 5.24. The van der Waals surface area contributed by atoms with Gasteiger partial charge in [0.2, 0.25) is 0 Å². The first kappa shape index (κ1) is 18.0. The second kappa shape index (κ2) is 6.62. The van der Waals surface area contributed by atoms with Crippen molar-refractivity contribution in [3.8, 4) is 0 Å². The minimum Gasteiger partial charge on any atom is -0.321 e. The molecule has 0 unspecified atom stereocenters. The van der Waals surface area contributed by atoms with Crippen LogP contribution < -0.4 is 0 Å². The Morgan fingerprint density at radius 3 is 2.77 bits per heavy atom. The zero-order valence-corrected chi connectivity index (χ0v) is 15.1. The number of rotatable bonds is 2. The van der Waals surface area contributed by atoms with Crippen LogP contribution in [0.15, 0.2) is 17.9 Å². The summed E-state index contributed by atoms with van der Waals surface area (Å²) in [5, 5.41) is 1.92. The van der Waals surface area contributed by atoms with Gasteiger partial charge in [-0.15, -0.1) is 23.7 Å². The van der Waals surface area contributed by atoms with Crippen LogP contribution in [0.3, 0.4) is 0 Å². The second-order valence-corrected chi connectivity index (χ2v) is 8.20. The van der Waals surface area contributed by atoms with Crippen molar-refractivity contribution in [3.63, 3.8) is 0 Å². The monoisotopic (exact) mass is 379 g/mol. The van der Waals surface area contributed by atoms with Crippen molar-refractivity contribution in [2.45, 2.75) is 13.0 Å². The third-order valence-corrected chi connectivity index (χ3v) is 5.68. The van der Waals surface area contributed by atoms with Gasteiger partial charge in [-0.3, -0.25) is 4.57 Å². The SMILES string of the molecule is CN1CCc2c(Cl)ccc3sc(/C=C/P(=O)(O)O)c(c23)C1.Cl. The van der Waals surface area contributed by atoms with Crippen LogP contribution in [0.2, 0.25) is 5.02 Å². The standard InChI is InChI=1S/C14H15ClNO3PS.ClH/c1-16-6-4-9-11(15)2-3-13-14(9)10(8-16)12(21-13)5-7-20(17,18)19;/h2-3,5,7H,4,6,8H2,1H3,(H2,17,18,19);1H/b7-5+;. The van der Waals surface area contributed by atoms with Crippen LogP contribution in [0.4, 0.5) is 0 Å². The molecule has 3 rings (SSSR count). The predicted molar refractivity (Wildman–Crippen MR) is 95.2 cm³/mol. The van der Waals surface area contributed by atoms with E-state index in [2.05, 4.69) is 4.90 Å². The van der Waals surface area contributed by atoms with Crippen molar-refractivity contribution in [3.05, 3.63) is 39.0 Å². The lowest BCUT2D eigenvalue weighted by Gasteiger charge is -2.13. The van der Waals surface area contributed by atoms with Crippen molar-refractivity contribution in [1.29, 1.82) is 0 Å². The van der Waals surface area contributed by atoms with E-state index in [1.165, 1.54) is 6.08 Å². The first-order chi connectivity index (χ1) is 9.85. The highest BCUT2D eigenvalue weighted by atomic mass is 35.5. The molecular formula is C14H16Cl2NO3PS. The Kier molecular flexibility index (Phi) is 5.40. The van der Waals surface area contributed by atoms with Gasteiger partial charge in [0.1, 0.15) is 0 Å². The average Bonchev–Trinajstić information content (AvgIpc) is 2.62. The number of hydrogen-bond acceptors (Lipinski definition) is 3. The number of hydrogen-bond donors (Lipinski definition) is 2. The molecule has 1 aliphatic heterocycles. The van der Waals surface area contributed by atoms with Gasteiger partial charge in [-0.25, -0.2) is 0 Å². The Morgan fingerprint density at radius 2 is 2.09 bits per heavy atom. The molecule has 1 aromatic heterocycles. The van der Waals surface area contributed by atoms with E-state index in [0.29, 0.717) is 0 Å². The van der Waals surface area contributed by atoms with E-state index < -0.39 is 7.60 Å². The van der Waals surface area contributed by atoms with Crippen molar-refractivity contribution < 1.29 is 14.4 Å². The maximum absolute atomic E-state index is 11.1. The topological polar surface area (TPSA) is 60.8 Å². The summed E-state index contributed by atoms with van der Waals surface area (Å²) in [5.74, 6) is 0.973. The Labute approximate surface area is 144 Å². The minimum atomic E-state index is -4.15. The number of nitrogens with zero attached hydrogens (tertiary/aromatic N) is 1. The molecule has 0 amide bonds. The maximum Gasteiger partial charge on any atom is 0.349 e. The highest BCUT2D eigenvalue weighted by Gasteiger charge is 2.21. The molecule has 0 atom stereocenters. The van der Waals surface area contributed by atoms with Crippen LogP contribution in [0, 0.1) is 0 Å².